The molecule has 8 heteroatoms. The first-order valence-corrected chi connectivity index (χ1v) is 11.3. The van der Waals surface area contributed by atoms with Crippen LogP contribution in [-0.2, 0) is 10.0 Å². The number of piperidine rings is 1. The van der Waals surface area contributed by atoms with Gasteiger partial charge in [-0.1, -0.05) is 37.2 Å². The van der Waals surface area contributed by atoms with Gasteiger partial charge in [-0.15, -0.1) is 0 Å². The molecule has 2 aliphatic heterocycles. The van der Waals surface area contributed by atoms with Gasteiger partial charge in [-0.05, 0) is 43.9 Å². The molecule has 2 aliphatic rings. The van der Waals surface area contributed by atoms with Gasteiger partial charge >= 0.3 is 0 Å². The molecule has 4 rings (SSSR count). The predicted molar refractivity (Wildman–Crippen MR) is 105 cm³/mol. The zero-order valence-electron chi connectivity index (χ0n) is 16.7. The van der Waals surface area contributed by atoms with Crippen LogP contribution in [0.25, 0.3) is 0 Å². The monoisotopic (exact) mass is 404 g/mol. The maximum Gasteiger partial charge on any atom is 0.243 e. The Kier molecular flexibility index (Phi) is 5.05. The molecule has 0 aliphatic carbocycles. The molecule has 3 heterocycles. The lowest BCUT2D eigenvalue weighted by Gasteiger charge is -2.38. The predicted octanol–water partition coefficient (Wildman–Crippen LogP) is 3.04. The average molecular weight is 405 g/mol. The standard InChI is InChI=1S/C20H28N4O3S/c1-15(2)19-21-18(22-27-19)17-13-20(14-23(17)3)9-11-24(12-10-20)28(25,26)16-7-5-4-6-8-16/h4-8,15,17H,9-14H2,1-3H3. The Morgan fingerprint density at radius 1 is 1.18 bits per heavy atom. The summed E-state index contributed by atoms with van der Waals surface area (Å²) in [6.07, 6.45) is 2.66. The first-order chi connectivity index (χ1) is 13.3. The Balaban J connectivity index is 1.46. The highest BCUT2D eigenvalue weighted by Gasteiger charge is 2.47. The van der Waals surface area contributed by atoms with E-state index in [9.17, 15) is 8.42 Å². The third-order valence-corrected chi connectivity index (χ3v) is 8.07. The van der Waals surface area contributed by atoms with Crippen molar-refractivity contribution in [3.63, 3.8) is 0 Å². The van der Waals surface area contributed by atoms with E-state index in [2.05, 4.69) is 22.1 Å². The summed E-state index contributed by atoms with van der Waals surface area (Å²) in [5.41, 5.74) is 0.112. The first-order valence-electron chi connectivity index (χ1n) is 9.90. The lowest BCUT2D eigenvalue weighted by atomic mass is 9.77. The largest absolute Gasteiger partial charge is 0.339 e. The Morgan fingerprint density at radius 2 is 1.86 bits per heavy atom. The second kappa shape index (κ2) is 7.24. The SMILES string of the molecule is CC(C)c1nc(C2CC3(CCN(S(=O)(=O)c4ccccc4)CC3)CN2C)no1. The van der Waals surface area contributed by atoms with E-state index < -0.39 is 10.0 Å². The molecule has 0 radical (unpaired) electrons. The van der Waals surface area contributed by atoms with Gasteiger partial charge in [-0.3, -0.25) is 4.90 Å². The van der Waals surface area contributed by atoms with Gasteiger partial charge in [-0.2, -0.15) is 9.29 Å². The molecule has 2 aromatic rings. The number of benzene rings is 1. The van der Waals surface area contributed by atoms with Crippen LogP contribution in [0.4, 0.5) is 0 Å². The minimum absolute atomic E-state index is 0.112. The van der Waals surface area contributed by atoms with Gasteiger partial charge in [0.1, 0.15) is 0 Å². The highest BCUT2D eigenvalue weighted by atomic mass is 32.2. The summed E-state index contributed by atoms with van der Waals surface area (Å²) >= 11 is 0. The summed E-state index contributed by atoms with van der Waals surface area (Å²) < 4.78 is 32.8. The molecule has 1 aromatic heterocycles. The van der Waals surface area contributed by atoms with Crippen molar-refractivity contribution >= 4 is 10.0 Å². The van der Waals surface area contributed by atoms with Crippen LogP contribution in [0.15, 0.2) is 39.8 Å². The number of likely N-dealkylation sites (tertiary alicyclic amines) is 1. The van der Waals surface area contributed by atoms with E-state index in [0.717, 1.165) is 31.6 Å². The summed E-state index contributed by atoms with van der Waals surface area (Å²) in [4.78, 5) is 7.25. The van der Waals surface area contributed by atoms with Crippen molar-refractivity contribution in [3.8, 4) is 0 Å². The fraction of sp³-hybridized carbons (Fsp3) is 0.600. The van der Waals surface area contributed by atoms with Crippen molar-refractivity contribution < 1.29 is 12.9 Å². The van der Waals surface area contributed by atoms with Gasteiger partial charge in [0.15, 0.2) is 5.82 Å². The van der Waals surface area contributed by atoms with Crippen LogP contribution < -0.4 is 0 Å². The molecule has 0 N–H and O–H groups in total. The lowest BCUT2D eigenvalue weighted by molar-refractivity contribution is 0.161. The molecule has 2 fully saturated rings. The summed E-state index contributed by atoms with van der Waals surface area (Å²) in [6.45, 7) is 6.13. The van der Waals surface area contributed by atoms with Crippen LogP contribution in [0.3, 0.4) is 0 Å². The average Bonchev–Trinajstić information content (AvgIpc) is 3.28. The third-order valence-electron chi connectivity index (χ3n) is 6.16. The number of rotatable bonds is 4. The molecule has 0 saturated carbocycles. The van der Waals surface area contributed by atoms with E-state index in [4.69, 9.17) is 4.52 Å². The van der Waals surface area contributed by atoms with Crippen molar-refractivity contribution in [2.45, 2.75) is 50.0 Å². The van der Waals surface area contributed by atoms with Crippen molar-refractivity contribution in [1.82, 2.24) is 19.3 Å². The number of hydrogen-bond donors (Lipinski definition) is 0. The van der Waals surface area contributed by atoms with Gasteiger partial charge in [0.05, 0.1) is 10.9 Å². The minimum Gasteiger partial charge on any atom is -0.339 e. The van der Waals surface area contributed by atoms with Gasteiger partial charge in [0.2, 0.25) is 15.9 Å². The molecular weight excluding hydrogens is 376 g/mol. The van der Waals surface area contributed by atoms with Gasteiger partial charge < -0.3 is 4.52 Å². The van der Waals surface area contributed by atoms with Gasteiger partial charge in [0.25, 0.3) is 0 Å². The van der Waals surface area contributed by atoms with Crippen LogP contribution in [0, 0.1) is 5.41 Å². The van der Waals surface area contributed by atoms with E-state index in [1.54, 1.807) is 28.6 Å². The molecule has 1 atom stereocenters. The Bertz CT molecular complexity index is 918. The number of aromatic nitrogens is 2. The maximum absolute atomic E-state index is 12.9. The second-order valence-corrected chi connectivity index (χ2v) is 10.4. The molecule has 1 spiro atoms. The van der Waals surface area contributed by atoms with E-state index in [1.807, 2.05) is 19.9 Å². The van der Waals surface area contributed by atoms with E-state index >= 15 is 0 Å². The van der Waals surface area contributed by atoms with Crippen molar-refractivity contribution in [1.29, 1.82) is 0 Å². The summed E-state index contributed by atoms with van der Waals surface area (Å²) in [6, 6.07) is 8.84. The van der Waals surface area contributed by atoms with E-state index in [0.29, 0.717) is 23.9 Å². The molecule has 0 amide bonds. The maximum atomic E-state index is 12.9. The summed E-state index contributed by atoms with van der Waals surface area (Å²) in [5.74, 6) is 1.64. The number of hydrogen-bond acceptors (Lipinski definition) is 6. The quantitative estimate of drug-likeness (QED) is 0.779. The minimum atomic E-state index is -3.41. The summed E-state index contributed by atoms with van der Waals surface area (Å²) in [7, 11) is -1.32. The van der Waals surface area contributed by atoms with Gasteiger partial charge in [-0.25, -0.2) is 8.42 Å². The molecule has 0 bridgehead atoms. The topological polar surface area (TPSA) is 79.5 Å². The third kappa shape index (κ3) is 3.49. The van der Waals surface area contributed by atoms with Crippen LogP contribution in [-0.4, -0.2) is 54.4 Å². The van der Waals surface area contributed by atoms with Crippen LogP contribution in [0.1, 0.15) is 56.8 Å². The molecule has 152 valence electrons. The zero-order chi connectivity index (χ0) is 19.9. The molecule has 1 unspecified atom stereocenters. The molecule has 7 nitrogen and oxygen atoms in total. The van der Waals surface area contributed by atoms with Crippen molar-refractivity contribution in [2.75, 3.05) is 26.7 Å². The van der Waals surface area contributed by atoms with Crippen molar-refractivity contribution in [3.05, 3.63) is 42.0 Å². The van der Waals surface area contributed by atoms with E-state index in [1.165, 1.54) is 0 Å². The normalized spacial score (nSPS) is 23.6. The first kappa shape index (κ1) is 19.5. The summed E-state index contributed by atoms with van der Waals surface area (Å²) in [5, 5.41) is 4.21. The fourth-order valence-electron chi connectivity index (χ4n) is 4.48. The second-order valence-electron chi connectivity index (χ2n) is 8.50. The molecular formula is C20H28N4O3S. The Hall–Kier alpha value is -1.77. The van der Waals surface area contributed by atoms with Crippen LogP contribution in [0.5, 0.6) is 0 Å². The Morgan fingerprint density at radius 3 is 2.46 bits per heavy atom. The van der Waals surface area contributed by atoms with Crippen LogP contribution >= 0.6 is 0 Å². The van der Waals surface area contributed by atoms with Gasteiger partial charge in [0, 0.05) is 25.6 Å². The lowest BCUT2D eigenvalue weighted by Crippen LogP contribution is -2.44. The highest BCUT2D eigenvalue weighted by molar-refractivity contribution is 7.89. The van der Waals surface area contributed by atoms with E-state index in [-0.39, 0.29) is 17.4 Å². The fourth-order valence-corrected chi connectivity index (χ4v) is 5.94. The molecule has 2 saturated heterocycles. The van der Waals surface area contributed by atoms with Crippen LogP contribution in [0.2, 0.25) is 0 Å². The van der Waals surface area contributed by atoms with Crippen molar-refractivity contribution in [2.24, 2.45) is 5.41 Å². The smallest absolute Gasteiger partial charge is 0.243 e. The molecule has 1 aromatic carbocycles. The highest BCUT2D eigenvalue weighted by Crippen LogP contribution is 2.48. The Labute approximate surface area is 166 Å². The molecule has 28 heavy (non-hydrogen) atoms. The number of sulfonamides is 1. The number of nitrogens with zero attached hydrogens (tertiary/aromatic N) is 4. The zero-order valence-corrected chi connectivity index (χ0v) is 17.5.